The van der Waals surface area contributed by atoms with E-state index in [0.29, 0.717) is 8.58 Å². The Hall–Kier alpha value is -5.63. The number of hydrogen-bond donors (Lipinski definition) is 0. The molecule has 6 aromatic rings. The van der Waals surface area contributed by atoms with Crippen molar-refractivity contribution in [2.24, 2.45) is 0 Å². The Bertz CT molecular complexity index is 2370. The van der Waals surface area contributed by atoms with Crippen LogP contribution < -0.4 is 15.5 Å². The fraction of sp³-hybridized carbons (Fsp3) is 0.106. The van der Waals surface area contributed by atoms with Crippen molar-refractivity contribution in [1.82, 2.24) is 4.57 Å². The molecule has 51 heavy (non-hydrogen) atoms. The van der Waals surface area contributed by atoms with Gasteiger partial charge in [-0.3, -0.25) is 0 Å². The molecule has 0 fully saturated rings. The first-order valence-electron chi connectivity index (χ1n) is 17.5. The fourth-order valence-corrected chi connectivity index (χ4v) is 8.57. The second-order valence-corrected chi connectivity index (χ2v) is 13.9. The summed E-state index contributed by atoms with van der Waals surface area (Å²) in [7, 11) is 0.443. The highest BCUT2D eigenvalue weighted by atomic mass is 31.1. The van der Waals surface area contributed by atoms with Gasteiger partial charge in [-0.25, -0.2) is 0 Å². The van der Waals surface area contributed by atoms with Gasteiger partial charge in [0.1, 0.15) is 5.76 Å². The summed E-state index contributed by atoms with van der Waals surface area (Å²) in [5, 5.41) is 5.07. The number of rotatable bonds is 9. The van der Waals surface area contributed by atoms with Gasteiger partial charge in [0.2, 0.25) is 0 Å². The topological polar surface area (TPSA) is 17.4 Å². The predicted molar refractivity (Wildman–Crippen MR) is 223 cm³/mol. The van der Waals surface area contributed by atoms with Crippen LogP contribution in [-0.2, 0) is 11.2 Å². The number of aromatic nitrogens is 1. The summed E-state index contributed by atoms with van der Waals surface area (Å²) in [4.78, 5) is 2.32. The number of benzene rings is 5. The van der Waals surface area contributed by atoms with Crippen LogP contribution in [0.3, 0.4) is 0 Å². The van der Waals surface area contributed by atoms with E-state index in [1.54, 1.807) is 0 Å². The van der Waals surface area contributed by atoms with Crippen LogP contribution in [0.5, 0.6) is 0 Å². The van der Waals surface area contributed by atoms with E-state index in [0.717, 1.165) is 40.4 Å². The molecule has 0 saturated heterocycles. The first kappa shape index (κ1) is 33.8. The molecule has 0 amide bonds. The molecule has 4 heteroatoms. The molecule has 0 saturated carbocycles. The number of anilines is 2. The maximum atomic E-state index is 6.72. The molecule has 1 aromatic heterocycles. The second-order valence-electron chi connectivity index (χ2n) is 12.6. The van der Waals surface area contributed by atoms with Gasteiger partial charge in [-0.05, 0) is 84.8 Å². The summed E-state index contributed by atoms with van der Waals surface area (Å²) in [5.74, 6) is 0.849. The fourth-order valence-electron chi connectivity index (χ4n) is 7.20. The monoisotopic (exact) mass is 682 g/mol. The maximum absolute atomic E-state index is 6.72. The molecule has 252 valence electrons. The summed E-state index contributed by atoms with van der Waals surface area (Å²) in [6.45, 7) is 14.4. The molecule has 2 heterocycles. The van der Waals surface area contributed by atoms with Crippen molar-refractivity contribution in [2.75, 3.05) is 4.90 Å². The number of ether oxygens (including phenoxy) is 1. The third kappa shape index (κ3) is 6.54. The predicted octanol–water partition coefficient (Wildman–Crippen LogP) is 11.6. The van der Waals surface area contributed by atoms with Crippen LogP contribution in [0.25, 0.3) is 33.1 Å². The Morgan fingerprint density at radius 1 is 0.804 bits per heavy atom. The van der Waals surface area contributed by atoms with E-state index in [9.17, 15) is 0 Å². The second kappa shape index (κ2) is 15.1. The van der Waals surface area contributed by atoms with Crippen molar-refractivity contribution in [2.45, 2.75) is 33.4 Å². The first-order chi connectivity index (χ1) is 25.1. The van der Waals surface area contributed by atoms with Gasteiger partial charge in [0.05, 0.1) is 11.0 Å². The van der Waals surface area contributed by atoms with Gasteiger partial charge < -0.3 is 14.2 Å². The molecule has 2 unspecified atom stereocenters. The molecule has 1 aliphatic heterocycles. The molecule has 2 atom stereocenters. The van der Waals surface area contributed by atoms with Crippen LogP contribution in [0.1, 0.15) is 31.9 Å². The number of hydrogen-bond acceptors (Lipinski definition) is 2. The molecule has 0 radical (unpaired) electrons. The van der Waals surface area contributed by atoms with Crippen molar-refractivity contribution < 1.29 is 4.74 Å². The molecular formula is C47H43N2OP. The van der Waals surface area contributed by atoms with E-state index in [4.69, 9.17) is 4.74 Å². The van der Waals surface area contributed by atoms with E-state index >= 15 is 0 Å². The van der Waals surface area contributed by atoms with Gasteiger partial charge in [-0.15, -0.1) is 0 Å². The lowest BCUT2D eigenvalue weighted by atomic mass is 9.99. The van der Waals surface area contributed by atoms with E-state index in [1.807, 2.05) is 31.2 Å². The Labute approximate surface area is 303 Å². The summed E-state index contributed by atoms with van der Waals surface area (Å²) >= 11 is 0. The van der Waals surface area contributed by atoms with Crippen molar-refractivity contribution in [3.8, 4) is 5.69 Å². The van der Waals surface area contributed by atoms with Crippen LogP contribution in [0.4, 0.5) is 11.4 Å². The minimum atomic E-state index is -0.282. The smallest absolute Gasteiger partial charge is 0.173 e. The zero-order valence-corrected chi connectivity index (χ0v) is 30.5. The highest BCUT2D eigenvalue weighted by Crippen LogP contribution is 2.40. The Morgan fingerprint density at radius 2 is 1.57 bits per heavy atom. The van der Waals surface area contributed by atoms with E-state index in [-0.39, 0.29) is 6.23 Å². The molecule has 3 nitrogen and oxygen atoms in total. The van der Waals surface area contributed by atoms with Crippen LogP contribution in [0.15, 0.2) is 182 Å². The lowest BCUT2D eigenvalue weighted by Gasteiger charge is -2.36. The zero-order chi connectivity index (χ0) is 35.3. The van der Waals surface area contributed by atoms with Gasteiger partial charge in [0.25, 0.3) is 0 Å². The number of allylic oxidation sites excluding steroid dienone is 9. The van der Waals surface area contributed by atoms with Gasteiger partial charge in [-0.1, -0.05) is 143 Å². The van der Waals surface area contributed by atoms with E-state index in [1.165, 1.54) is 43.5 Å². The summed E-state index contributed by atoms with van der Waals surface area (Å²) in [6.07, 6.45) is 14.7. The Balaban J connectivity index is 1.49. The molecular weight excluding hydrogens is 640 g/mol. The first-order valence-corrected chi connectivity index (χ1v) is 18.5. The number of para-hydroxylation sites is 2. The third-order valence-electron chi connectivity index (χ3n) is 9.37. The normalized spacial score (nSPS) is 17.0. The standard InChI is InChI=1S/C47H43N2OP/c1-6-18-35(19-7-2)40-29-30-42-41-26-14-16-28-44(41)49(46(42)47(40)51-39-24-11-10-12-25-39)38-23-17-22-37(32-38)48-33(5)50-45(20-8-3)34(9-4)31-36-21-13-15-27-43(36)48/h6-30,32-33,51H,1,4,31H2,2-3,5H3/b19-7-,20-8-,35-18+,45-34-. The van der Waals surface area contributed by atoms with Gasteiger partial charge in [0, 0.05) is 39.6 Å². The van der Waals surface area contributed by atoms with Crippen molar-refractivity contribution >= 4 is 57.9 Å². The molecule has 0 spiro atoms. The maximum Gasteiger partial charge on any atom is 0.173 e. The molecule has 7 rings (SSSR count). The Morgan fingerprint density at radius 3 is 2.35 bits per heavy atom. The van der Waals surface area contributed by atoms with Crippen molar-refractivity contribution in [1.29, 1.82) is 0 Å². The lowest BCUT2D eigenvalue weighted by molar-refractivity contribution is 0.143. The molecule has 0 bridgehead atoms. The quantitative estimate of drug-likeness (QED) is 0.112. The van der Waals surface area contributed by atoms with Crippen LogP contribution >= 0.6 is 8.58 Å². The highest BCUT2D eigenvalue weighted by Gasteiger charge is 2.26. The minimum absolute atomic E-state index is 0.282. The molecule has 1 aliphatic rings. The number of nitrogens with zero attached hydrogens (tertiary/aromatic N) is 2. The average Bonchev–Trinajstić information content (AvgIpc) is 3.49. The minimum Gasteiger partial charge on any atom is -0.470 e. The summed E-state index contributed by atoms with van der Waals surface area (Å²) in [6, 6.07) is 41.7. The molecule has 0 aliphatic carbocycles. The van der Waals surface area contributed by atoms with Gasteiger partial charge in [0.15, 0.2) is 6.23 Å². The molecule has 5 aromatic carbocycles. The highest BCUT2D eigenvalue weighted by molar-refractivity contribution is 7.56. The average molecular weight is 683 g/mol. The Kier molecular flexibility index (Phi) is 10.0. The van der Waals surface area contributed by atoms with Crippen LogP contribution in [0.2, 0.25) is 0 Å². The summed E-state index contributed by atoms with van der Waals surface area (Å²) < 4.78 is 9.19. The largest absolute Gasteiger partial charge is 0.470 e. The number of fused-ring (bicyclic) bond motifs is 4. The van der Waals surface area contributed by atoms with Gasteiger partial charge in [-0.2, -0.15) is 0 Å². The SMILES string of the molecule is C=C/C=C(\C=C/C)c1ccc2c3ccccc3n(-c3cccc(N4c5ccccc5C/C(C=C)=C(/C=C\C)OC4C)c3)c2c1Pc1ccccc1. The van der Waals surface area contributed by atoms with Crippen molar-refractivity contribution in [3.05, 3.63) is 193 Å². The van der Waals surface area contributed by atoms with E-state index in [2.05, 4.69) is 170 Å². The third-order valence-corrected chi connectivity index (χ3v) is 10.8. The summed E-state index contributed by atoms with van der Waals surface area (Å²) in [5.41, 5.74) is 10.3. The van der Waals surface area contributed by atoms with E-state index < -0.39 is 0 Å². The van der Waals surface area contributed by atoms with Crippen LogP contribution in [-0.4, -0.2) is 10.8 Å². The molecule has 0 N–H and O–H groups in total. The lowest BCUT2D eigenvalue weighted by Crippen LogP contribution is -2.33. The van der Waals surface area contributed by atoms with Gasteiger partial charge >= 0.3 is 0 Å². The zero-order valence-electron chi connectivity index (χ0n) is 29.5. The van der Waals surface area contributed by atoms with Crippen molar-refractivity contribution in [3.63, 3.8) is 0 Å². The van der Waals surface area contributed by atoms with Crippen LogP contribution in [0, 0.1) is 0 Å².